The van der Waals surface area contributed by atoms with Gasteiger partial charge in [-0.05, 0) is 63.2 Å². The van der Waals surface area contributed by atoms with E-state index in [9.17, 15) is 18.4 Å². The Labute approximate surface area is 171 Å². The molecule has 29 heavy (non-hydrogen) atoms. The average molecular weight is 427 g/mol. The van der Waals surface area contributed by atoms with Crippen molar-refractivity contribution in [3.63, 3.8) is 0 Å². The van der Waals surface area contributed by atoms with Crippen LogP contribution in [-0.4, -0.2) is 48.4 Å². The number of hydrogen-bond acceptors (Lipinski definition) is 6. The van der Waals surface area contributed by atoms with Gasteiger partial charge in [0.1, 0.15) is 28.8 Å². The lowest BCUT2D eigenvalue weighted by Crippen LogP contribution is -2.31. The summed E-state index contributed by atoms with van der Waals surface area (Å²) in [6, 6.07) is 1.81. The molecule has 0 bridgehead atoms. The number of benzene rings is 1. The number of urea groups is 1. The molecule has 3 amide bonds. The molecule has 1 heterocycles. The number of aromatic nitrogens is 1. The van der Waals surface area contributed by atoms with Gasteiger partial charge < -0.3 is 20.7 Å². The standard InChI is InChI=1S/C18H23F2N5O3S/c1-10-7-12(19)11(13(20)8-10)9-28-16-14(15(21)26)17(29-24-16)23-18(27)22-5-4-6-25(2)3/h7-8H,4-6,9H2,1-3H3,(H2,21,26)(H2,22,23,27). The van der Waals surface area contributed by atoms with E-state index in [0.29, 0.717) is 12.1 Å². The molecule has 0 unspecified atom stereocenters. The highest BCUT2D eigenvalue weighted by atomic mass is 32.1. The van der Waals surface area contributed by atoms with Crippen LogP contribution in [0, 0.1) is 18.6 Å². The molecule has 0 radical (unpaired) electrons. The van der Waals surface area contributed by atoms with Crippen LogP contribution in [-0.2, 0) is 6.61 Å². The number of carbonyl (C=O) groups is 2. The van der Waals surface area contributed by atoms with Gasteiger partial charge in [-0.25, -0.2) is 13.6 Å². The first kappa shape index (κ1) is 22.5. The summed E-state index contributed by atoms with van der Waals surface area (Å²) in [5.74, 6) is -2.63. The van der Waals surface area contributed by atoms with E-state index >= 15 is 0 Å². The van der Waals surface area contributed by atoms with E-state index in [2.05, 4.69) is 15.0 Å². The summed E-state index contributed by atoms with van der Waals surface area (Å²) in [6.45, 7) is 2.31. The monoisotopic (exact) mass is 427 g/mol. The van der Waals surface area contributed by atoms with Crippen molar-refractivity contribution in [2.75, 3.05) is 32.5 Å². The summed E-state index contributed by atoms with van der Waals surface area (Å²) >= 11 is 0.779. The number of aryl methyl sites for hydroxylation is 1. The lowest BCUT2D eigenvalue weighted by atomic mass is 10.1. The zero-order valence-electron chi connectivity index (χ0n) is 16.3. The molecule has 0 spiro atoms. The zero-order chi connectivity index (χ0) is 21.6. The Morgan fingerprint density at radius 3 is 2.52 bits per heavy atom. The van der Waals surface area contributed by atoms with E-state index in [1.165, 1.54) is 12.1 Å². The topological polar surface area (TPSA) is 110 Å². The van der Waals surface area contributed by atoms with Gasteiger partial charge in [0.2, 0.25) is 5.88 Å². The van der Waals surface area contributed by atoms with E-state index in [4.69, 9.17) is 10.5 Å². The van der Waals surface area contributed by atoms with Gasteiger partial charge in [0.05, 0.1) is 5.56 Å². The fourth-order valence-electron chi connectivity index (χ4n) is 2.43. The van der Waals surface area contributed by atoms with E-state index in [0.717, 1.165) is 24.5 Å². The highest BCUT2D eigenvalue weighted by Crippen LogP contribution is 2.31. The first-order valence-corrected chi connectivity index (χ1v) is 9.52. The number of primary amides is 1. The first-order valence-electron chi connectivity index (χ1n) is 8.75. The molecular formula is C18H23F2N5O3S. The van der Waals surface area contributed by atoms with Gasteiger partial charge in [0.25, 0.3) is 5.91 Å². The quantitative estimate of drug-likeness (QED) is 0.533. The second kappa shape index (κ2) is 10.1. The molecule has 4 N–H and O–H groups in total. The van der Waals surface area contributed by atoms with Crippen LogP contribution in [0.3, 0.4) is 0 Å². The normalized spacial score (nSPS) is 10.8. The molecule has 0 fully saturated rings. The third-order valence-corrected chi connectivity index (χ3v) is 4.59. The molecule has 1 aromatic carbocycles. The number of ether oxygens (including phenoxy) is 1. The fraction of sp³-hybridized carbons (Fsp3) is 0.389. The van der Waals surface area contributed by atoms with E-state index in [1.54, 1.807) is 6.92 Å². The Hall–Kier alpha value is -2.79. The van der Waals surface area contributed by atoms with Crippen LogP contribution in [0.25, 0.3) is 0 Å². The SMILES string of the molecule is Cc1cc(F)c(COc2nsc(NC(=O)NCCCN(C)C)c2C(N)=O)c(F)c1. The number of nitrogens with one attached hydrogen (secondary N) is 2. The molecule has 0 aliphatic heterocycles. The molecule has 158 valence electrons. The number of hydrogen-bond donors (Lipinski definition) is 3. The molecule has 2 aromatic rings. The number of carbonyl (C=O) groups excluding carboxylic acids is 2. The van der Waals surface area contributed by atoms with Gasteiger partial charge in [-0.3, -0.25) is 10.1 Å². The maximum Gasteiger partial charge on any atom is 0.319 e. The van der Waals surface area contributed by atoms with Crippen LogP contribution in [0.1, 0.15) is 27.9 Å². The first-order chi connectivity index (χ1) is 13.7. The van der Waals surface area contributed by atoms with Crippen LogP contribution in [0.5, 0.6) is 5.88 Å². The third kappa shape index (κ3) is 6.36. The van der Waals surface area contributed by atoms with Crippen molar-refractivity contribution in [2.45, 2.75) is 20.0 Å². The Morgan fingerprint density at radius 2 is 1.93 bits per heavy atom. The largest absolute Gasteiger partial charge is 0.471 e. The molecule has 0 saturated heterocycles. The molecular weight excluding hydrogens is 404 g/mol. The summed E-state index contributed by atoms with van der Waals surface area (Å²) < 4.78 is 37.1. The molecule has 0 atom stereocenters. The van der Waals surface area contributed by atoms with Crippen LogP contribution >= 0.6 is 11.5 Å². The molecule has 11 heteroatoms. The van der Waals surface area contributed by atoms with Gasteiger partial charge in [-0.1, -0.05) is 0 Å². The number of rotatable bonds is 9. The van der Waals surface area contributed by atoms with Crippen molar-refractivity contribution < 1.29 is 23.1 Å². The van der Waals surface area contributed by atoms with Gasteiger partial charge in [-0.2, -0.15) is 4.37 Å². The second-order valence-electron chi connectivity index (χ2n) is 6.59. The van der Waals surface area contributed by atoms with E-state index in [-0.39, 0.29) is 22.0 Å². The maximum atomic E-state index is 14.0. The van der Waals surface area contributed by atoms with Crippen molar-refractivity contribution >= 4 is 28.5 Å². The minimum Gasteiger partial charge on any atom is -0.471 e. The van der Waals surface area contributed by atoms with E-state index in [1.807, 2.05) is 19.0 Å². The zero-order valence-corrected chi connectivity index (χ0v) is 17.2. The van der Waals surface area contributed by atoms with Crippen molar-refractivity contribution in [3.05, 3.63) is 40.5 Å². The summed E-state index contributed by atoms with van der Waals surface area (Å²) in [5, 5.41) is 5.23. The van der Waals surface area contributed by atoms with Crippen LogP contribution in [0.4, 0.5) is 18.6 Å². The smallest absolute Gasteiger partial charge is 0.319 e. The summed E-state index contributed by atoms with van der Waals surface area (Å²) in [6.07, 6.45) is 0.744. The molecule has 8 nitrogen and oxygen atoms in total. The summed E-state index contributed by atoms with van der Waals surface area (Å²) in [4.78, 5) is 25.8. The molecule has 0 aliphatic carbocycles. The minimum absolute atomic E-state index is 0.0856. The van der Waals surface area contributed by atoms with Crippen molar-refractivity contribution in [1.29, 1.82) is 0 Å². The average Bonchev–Trinajstić information content (AvgIpc) is 3.00. The van der Waals surface area contributed by atoms with Crippen LogP contribution < -0.4 is 21.1 Å². The summed E-state index contributed by atoms with van der Waals surface area (Å²) in [5.41, 5.74) is 5.33. The molecule has 0 saturated carbocycles. The number of nitrogens with zero attached hydrogens (tertiary/aromatic N) is 2. The Balaban J connectivity index is 2.05. The van der Waals surface area contributed by atoms with Crippen molar-refractivity contribution in [3.8, 4) is 5.88 Å². The van der Waals surface area contributed by atoms with Crippen LogP contribution in [0.15, 0.2) is 12.1 Å². The van der Waals surface area contributed by atoms with Crippen LogP contribution in [0.2, 0.25) is 0 Å². The molecule has 1 aromatic heterocycles. The second-order valence-corrected chi connectivity index (χ2v) is 7.36. The number of anilines is 1. The lowest BCUT2D eigenvalue weighted by Gasteiger charge is -2.10. The Kier molecular flexibility index (Phi) is 7.85. The molecule has 2 rings (SSSR count). The fourth-order valence-corrected chi connectivity index (χ4v) is 3.17. The van der Waals surface area contributed by atoms with Gasteiger partial charge in [0.15, 0.2) is 0 Å². The number of amides is 3. The Morgan fingerprint density at radius 1 is 1.28 bits per heavy atom. The highest BCUT2D eigenvalue weighted by Gasteiger charge is 2.23. The van der Waals surface area contributed by atoms with Crippen molar-refractivity contribution in [1.82, 2.24) is 14.6 Å². The number of nitrogens with two attached hydrogens (primary N) is 1. The lowest BCUT2D eigenvalue weighted by molar-refractivity contribution is 0.0996. The Bertz CT molecular complexity index is 865. The predicted molar refractivity (Wildman–Crippen MR) is 106 cm³/mol. The van der Waals surface area contributed by atoms with Gasteiger partial charge in [-0.15, -0.1) is 0 Å². The molecule has 0 aliphatic rings. The maximum absolute atomic E-state index is 14.0. The summed E-state index contributed by atoms with van der Waals surface area (Å²) in [7, 11) is 3.85. The third-order valence-electron chi connectivity index (χ3n) is 3.84. The minimum atomic E-state index is -0.887. The van der Waals surface area contributed by atoms with E-state index < -0.39 is 30.2 Å². The predicted octanol–water partition coefficient (Wildman–Crippen LogP) is 2.48. The van der Waals surface area contributed by atoms with Gasteiger partial charge in [0, 0.05) is 6.54 Å². The van der Waals surface area contributed by atoms with Gasteiger partial charge >= 0.3 is 6.03 Å². The highest BCUT2D eigenvalue weighted by molar-refractivity contribution is 7.11. The number of halogens is 2. The van der Waals surface area contributed by atoms with Crippen molar-refractivity contribution in [2.24, 2.45) is 5.73 Å².